The number of amides is 3. The van der Waals surface area contributed by atoms with Gasteiger partial charge in [-0.3, -0.25) is 19.2 Å². The van der Waals surface area contributed by atoms with Crippen LogP contribution in [0.5, 0.6) is 0 Å². The van der Waals surface area contributed by atoms with E-state index in [1.165, 1.54) is 20.8 Å². The van der Waals surface area contributed by atoms with Gasteiger partial charge in [-0.15, -0.1) is 0 Å². The van der Waals surface area contributed by atoms with Crippen LogP contribution >= 0.6 is 67.8 Å². The second kappa shape index (κ2) is 14.9. The van der Waals surface area contributed by atoms with Crippen molar-refractivity contribution in [2.45, 2.75) is 59.3 Å². The first kappa shape index (κ1) is 33.7. The molecule has 0 aliphatic carbocycles. The van der Waals surface area contributed by atoms with Gasteiger partial charge in [0.1, 0.15) is 13.2 Å². The Morgan fingerprint density at radius 3 is 2.15 bits per heavy atom. The highest BCUT2D eigenvalue weighted by Crippen LogP contribution is 2.36. The minimum Gasteiger partial charge on any atom is -0.462 e. The van der Waals surface area contributed by atoms with Crippen molar-refractivity contribution in [3.63, 3.8) is 0 Å². The van der Waals surface area contributed by atoms with Crippen LogP contribution in [0, 0.1) is 10.7 Å². The summed E-state index contributed by atoms with van der Waals surface area (Å²) in [4.78, 5) is 60.3. The zero-order valence-corrected chi connectivity index (χ0v) is 28.2. The van der Waals surface area contributed by atoms with Crippen LogP contribution in [0.2, 0.25) is 0 Å². The van der Waals surface area contributed by atoms with Gasteiger partial charge in [0, 0.05) is 33.5 Å². The number of carbonyl (C=O) groups excluding carboxylic acids is 5. The molecule has 1 aliphatic heterocycles. The fourth-order valence-electron chi connectivity index (χ4n) is 3.25. The highest BCUT2D eigenvalue weighted by molar-refractivity contribution is 14.1. The molecule has 1 fully saturated rings. The first-order chi connectivity index (χ1) is 18.1. The van der Waals surface area contributed by atoms with Gasteiger partial charge in [-0.1, -0.05) is 0 Å². The summed E-state index contributed by atoms with van der Waals surface area (Å²) in [6.45, 7) is 6.73. The Hall–Kier alpha value is -1.52. The molecule has 0 aromatic heterocycles. The standard InChI is InChI=1S/C23H28I3N3O10/c1-10(30)35-7-13(38-12(3)32)6-27-21(33)16-17(24)14(8-36-11(2)31)18(25)20(19(16)26)29-22(34)28-15-9-37-23(4,5)39-15/h13,15H,6-9H2,1-5H3,(H,27,33)(H2,28,29,34). The Labute approximate surface area is 265 Å². The fourth-order valence-corrected chi connectivity index (χ4v) is 7.49. The molecule has 2 unspecified atom stereocenters. The minimum absolute atomic E-state index is 0.143. The number of ether oxygens (including phenoxy) is 5. The first-order valence-electron chi connectivity index (χ1n) is 11.4. The quantitative estimate of drug-likeness (QED) is 0.181. The topological polar surface area (TPSA) is 168 Å². The maximum atomic E-state index is 13.4. The number of urea groups is 1. The number of esters is 3. The lowest BCUT2D eigenvalue weighted by molar-refractivity contribution is -0.155. The Balaban J connectivity index is 2.35. The van der Waals surface area contributed by atoms with E-state index in [0.29, 0.717) is 22.0 Å². The van der Waals surface area contributed by atoms with E-state index in [1.54, 1.807) is 13.8 Å². The molecule has 13 nitrogen and oxygen atoms in total. The lowest BCUT2D eigenvalue weighted by Gasteiger charge is -2.22. The number of hydrogen-bond acceptors (Lipinski definition) is 10. The van der Waals surface area contributed by atoms with E-state index in [-0.39, 0.29) is 31.9 Å². The molecule has 3 N–H and O–H groups in total. The molecule has 1 aromatic rings. The van der Waals surface area contributed by atoms with Crippen molar-refractivity contribution in [1.82, 2.24) is 10.6 Å². The third-order valence-electron chi connectivity index (χ3n) is 4.89. The highest BCUT2D eigenvalue weighted by atomic mass is 127. The summed E-state index contributed by atoms with van der Waals surface area (Å²) in [5, 5.41) is 8.10. The van der Waals surface area contributed by atoms with Crippen molar-refractivity contribution in [1.29, 1.82) is 0 Å². The first-order valence-corrected chi connectivity index (χ1v) is 14.7. The van der Waals surface area contributed by atoms with Crippen molar-refractivity contribution in [2.24, 2.45) is 0 Å². The van der Waals surface area contributed by atoms with Gasteiger partial charge in [-0.05, 0) is 81.6 Å². The molecule has 1 aliphatic rings. The van der Waals surface area contributed by atoms with Crippen molar-refractivity contribution in [3.8, 4) is 0 Å². The Bertz CT molecular complexity index is 1150. The summed E-state index contributed by atoms with van der Waals surface area (Å²) >= 11 is 5.92. The number of nitrogens with one attached hydrogen (secondary N) is 3. The molecule has 0 bridgehead atoms. The maximum Gasteiger partial charge on any atom is 0.321 e. The van der Waals surface area contributed by atoms with Gasteiger partial charge in [-0.2, -0.15) is 0 Å². The molecule has 1 saturated heterocycles. The van der Waals surface area contributed by atoms with Crippen molar-refractivity contribution in [2.75, 3.05) is 25.1 Å². The molecule has 39 heavy (non-hydrogen) atoms. The molecule has 2 rings (SSSR count). The van der Waals surface area contributed by atoms with E-state index in [2.05, 4.69) is 16.0 Å². The summed E-state index contributed by atoms with van der Waals surface area (Å²) in [5.74, 6) is -3.09. The van der Waals surface area contributed by atoms with Crippen LogP contribution in [-0.2, 0) is 44.7 Å². The lowest BCUT2D eigenvalue weighted by atomic mass is 10.1. The largest absolute Gasteiger partial charge is 0.462 e. The number of halogens is 3. The van der Waals surface area contributed by atoms with Crippen LogP contribution < -0.4 is 16.0 Å². The number of anilines is 1. The fraction of sp³-hybridized carbons (Fsp3) is 0.522. The molecule has 0 saturated carbocycles. The number of benzene rings is 1. The molecule has 3 amide bonds. The van der Waals surface area contributed by atoms with Crippen molar-refractivity contribution in [3.05, 3.63) is 21.8 Å². The van der Waals surface area contributed by atoms with E-state index >= 15 is 0 Å². The molecule has 16 heteroatoms. The van der Waals surface area contributed by atoms with Gasteiger partial charge in [0.2, 0.25) is 0 Å². The van der Waals surface area contributed by atoms with Gasteiger partial charge >= 0.3 is 23.9 Å². The monoisotopic (exact) mass is 887 g/mol. The van der Waals surface area contributed by atoms with Gasteiger partial charge in [0.05, 0.1) is 28.0 Å². The summed E-state index contributed by atoms with van der Waals surface area (Å²) in [6.07, 6.45) is -1.60. The predicted octanol–water partition coefficient (Wildman–Crippen LogP) is 3.02. The molecule has 2 atom stereocenters. The third-order valence-corrected chi connectivity index (χ3v) is 8.35. The van der Waals surface area contributed by atoms with Crippen LogP contribution in [0.15, 0.2) is 0 Å². The highest BCUT2D eigenvalue weighted by Gasteiger charge is 2.34. The van der Waals surface area contributed by atoms with Gasteiger partial charge < -0.3 is 39.6 Å². The van der Waals surface area contributed by atoms with Crippen molar-refractivity contribution >= 4 is 103 Å². The molecule has 1 aromatic carbocycles. The average Bonchev–Trinajstić information content (AvgIpc) is 3.15. The van der Waals surface area contributed by atoms with Gasteiger partial charge in [-0.25, -0.2) is 4.79 Å². The van der Waals surface area contributed by atoms with Crippen LogP contribution in [0.3, 0.4) is 0 Å². The van der Waals surface area contributed by atoms with Crippen LogP contribution in [0.1, 0.15) is 50.5 Å². The van der Waals surface area contributed by atoms with Gasteiger partial charge in [0.15, 0.2) is 18.1 Å². The van der Waals surface area contributed by atoms with Crippen LogP contribution in [0.25, 0.3) is 0 Å². The molecular weight excluding hydrogens is 859 g/mol. The van der Waals surface area contributed by atoms with E-state index in [0.717, 1.165) is 0 Å². The Morgan fingerprint density at radius 2 is 1.62 bits per heavy atom. The molecule has 0 radical (unpaired) electrons. The Morgan fingerprint density at radius 1 is 0.974 bits per heavy atom. The number of hydrogen-bond donors (Lipinski definition) is 3. The Kier molecular flexibility index (Phi) is 12.9. The minimum atomic E-state index is -0.920. The van der Waals surface area contributed by atoms with Crippen molar-refractivity contribution < 1.29 is 47.7 Å². The summed E-state index contributed by atoms with van der Waals surface area (Å²) in [5.41, 5.74) is 1.02. The zero-order valence-electron chi connectivity index (χ0n) is 21.7. The van der Waals surface area contributed by atoms with Crippen LogP contribution in [0.4, 0.5) is 10.5 Å². The second-order valence-electron chi connectivity index (χ2n) is 8.61. The number of rotatable bonds is 10. The number of carbonyl (C=O) groups is 5. The third kappa shape index (κ3) is 10.4. The summed E-state index contributed by atoms with van der Waals surface area (Å²) < 4.78 is 27.8. The van der Waals surface area contributed by atoms with E-state index in [9.17, 15) is 24.0 Å². The molecule has 1 heterocycles. The molecular formula is C23H28I3N3O10. The van der Waals surface area contributed by atoms with Crippen LogP contribution in [-0.4, -0.2) is 67.7 Å². The summed E-state index contributed by atoms with van der Waals surface area (Å²) in [6, 6.07) is -0.598. The van der Waals surface area contributed by atoms with E-state index in [1.807, 2.05) is 67.8 Å². The van der Waals surface area contributed by atoms with E-state index < -0.39 is 48.0 Å². The van der Waals surface area contributed by atoms with E-state index in [4.69, 9.17) is 23.7 Å². The van der Waals surface area contributed by atoms with Gasteiger partial charge in [0.25, 0.3) is 5.91 Å². The molecule has 216 valence electrons. The maximum absolute atomic E-state index is 13.4. The smallest absolute Gasteiger partial charge is 0.321 e. The lowest BCUT2D eigenvalue weighted by Crippen LogP contribution is -2.41. The predicted molar refractivity (Wildman–Crippen MR) is 162 cm³/mol. The normalized spacial score (nSPS) is 16.6. The summed E-state index contributed by atoms with van der Waals surface area (Å²) in [7, 11) is 0. The zero-order chi connectivity index (χ0) is 29.5. The SMILES string of the molecule is CC(=O)OCc1c(I)c(NC(=O)NC2COC(C)(C)O2)c(I)c(C(=O)NCC(COC(C)=O)OC(C)=O)c1I. The average molecular weight is 887 g/mol. The molecule has 0 spiro atoms. The second-order valence-corrected chi connectivity index (χ2v) is 11.8.